The summed E-state index contributed by atoms with van der Waals surface area (Å²) >= 11 is 0. The highest BCUT2D eigenvalue weighted by molar-refractivity contribution is 6.02. The maximum absolute atomic E-state index is 13.3. The standard InChI is InChI=1S/C23H27N5O/c1-17-10-5-7-12-19(17)24-23(29)28(20-13-8-6-11-18(20)2)16-22-26-25-21-14-4-3-9-15-27(21)22/h5-8,10-13H,3-4,9,14-16H2,1-2H3,(H,24,29). The van der Waals surface area contributed by atoms with Gasteiger partial charge in [-0.05, 0) is 49.9 Å². The number of anilines is 2. The minimum Gasteiger partial charge on any atom is -0.313 e. The number of hydrogen-bond acceptors (Lipinski definition) is 3. The van der Waals surface area contributed by atoms with Gasteiger partial charge in [0.25, 0.3) is 0 Å². The van der Waals surface area contributed by atoms with E-state index >= 15 is 0 Å². The molecule has 2 amide bonds. The Labute approximate surface area is 171 Å². The summed E-state index contributed by atoms with van der Waals surface area (Å²) < 4.78 is 2.19. The van der Waals surface area contributed by atoms with Crippen molar-refractivity contribution in [1.29, 1.82) is 0 Å². The number of aryl methyl sites for hydroxylation is 3. The predicted molar refractivity (Wildman–Crippen MR) is 115 cm³/mol. The lowest BCUT2D eigenvalue weighted by atomic mass is 10.2. The molecule has 0 bridgehead atoms. The summed E-state index contributed by atoms with van der Waals surface area (Å²) in [6.45, 7) is 5.31. The number of nitrogens with zero attached hydrogens (tertiary/aromatic N) is 4. The van der Waals surface area contributed by atoms with Crippen molar-refractivity contribution in [1.82, 2.24) is 14.8 Å². The van der Waals surface area contributed by atoms with Crippen LogP contribution in [-0.4, -0.2) is 20.8 Å². The second-order valence-electron chi connectivity index (χ2n) is 7.61. The Morgan fingerprint density at radius 3 is 2.55 bits per heavy atom. The number of amides is 2. The number of nitrogens with one attached hydrogen (secondary N) is 1. The van der Waals surface area contributed by atoms with Crippen LogP contribution in [0.3, 0.4) is 0 Å². The Hall–Kier alpha value is -3.15. The van der Waals surface area contributed by atoms with Crippen molar-refractivity contribution in [2.24, 2.45) is 0 Å². The van der Waals surface area contributed by atoms with E-state index in [9.17, 15) is 4.79 Å². The molecule has 4 rings (SSSR count). The number of aromatic nitrogens is 3. The summed E-state index contributed by atoms with van der Waals surface area (Å²) in [7, 11) is 0. The van der Waals surface area contributed by atoms with Gasteiger partial charge in [-0.1, -0.05) is 42.8 Å². The smallest absolute Gasteiger partial charge is 0.313 e. The maximum atomic E-state index is 13.3. The SMILES string of the molecule is Cc1ccccc1NC(=O)N(Cc1nnc2n1CCCCC2)c1ccccc1C. The van der Waals surface area contributed by atoms with Gasteiger partial charge in [-0.2, -0.15) is 0 Å². The van der Waals surface area contributed by atoms with Crippen LogP contribution in [-0.2, 0) is 19.5 Å². The summed E-state index contributed by atoms with van der Waals surface area (Å²) in [5, 5.41) is 11.9. The van der Waals surface area contributed by atoms with Gasteiger partial charge in [-0.25, -0.2) is 4.79 Å². The first-order valence-electron chi connectivity index (χ1n) is 10.2. The second-order valence-corrected chi connectivity index (χ2v) is 7.61. The molecule has 1 aromatic heterocycles. The number of fused-ring (bicyclic) bond motifs is 1. The number of para-hydroxylation sites is 2. The fourth-order valence-corrected chi connectivity index (χ4v) is 3.83. The third kappa shape index (κ3) is 4.16. The molecule has 29 heavy (non-hydrogen) atoms. The van der Waals surface area contributed by atoms with Gasteiger partial charge in [0.2, 0.25) is 0 Å². The molecule has 0 atom stereocenters. The highest BCUT2D eigenvalue weighted by Crippen LogP contribution is 2.24. The average Bonchev–Trinajstić information content (AvgIpc) is 2.94. The Morgan fingerprint density at radius 1 is 1.00 bits per heavy atom. The molecule has 0 aliphatic carbocycles. The van der Waals surface area contributed by atoms with E-state index in [2.05, 4.69) is 20.1 Å². The van der Waals surface area contributed by atoms with Crippen molar-refractivity contribution in [2.45, 2.75) is 52.6 Å². The highest BCUT2D eigenvalue weighted by atomic mass is 16.2. The van der Waals surface area contributed by atoms with Crippen LogP contribution in [0, 0.1) is 13.8 Å². The number of carbonyl (C=O) groups is 1. The maximum Gasteiger partial charge on any atom is 0.326 e. The summed E-state index contributed by atoms with van der Waals surface area (Å²) in [5.74, 6) is 1.87. The van der Waals surface area contributed by atoms with E-state index in [1.807, 2.05) is 62.4 Å². The minimum absolute atomic E-state index is 0.167. The second kappa shape index (κ2) is 8.47. The molecule has 6 nitrogen and oxygen atoms in total. The monoisotopic (exact) mass is 389 g/mol. The highest BCUT2D eigenvalue weighted by Gasteiger charge is 2.23. The molecule has 150 valence electrons. The van der Waals surface area contributed by atoms with Crippen LogP contribution >= 0.6 is 0 Å². The molecule has 1 aliphatic rings. The van der Waals surface area contributed by atoms with Crippen molar-refractivity contribution in [3.63, 3.8) is 0 Å². The van der Waals surface area contributed by atoms with Gasteiger partial charge in [-0.3, -0.25) is 4.90 Å². The lowest BCUT2D eigenvalue weighted by molar-refractivity contribution is 0.256. The van der Waals surface area contributed by atoms with Gasteiger partial charge in [0.15, 0.2) is 5.82 Å². The molecule has 6 heteroatoms. The van der Waals surface area contributed by atoms with Crippen LogP contribution in [0.25, 0.3) is 0 Å². The largest absolute Gasteiger partial charge is 0.326 e. The predicted octanol–water partition coefficient (Wildman–Crippen LogP) is 4.86. The number of urea groups is 1. The van der Waals surface area contributed by atoms with E-state index in [1.165, 1.54) is 6.42 Å². The summed E-state index contributed by atoms with van der Waals surface area (Å²) in [4.78, 5) is 15.1. The third-order valence-electron chi connectivity index (χ3n) is 5.52. The Morgan fingerprint density at radius 2 is 1.76 bits per heavy atom. The molecule has 2 heterocycles. The number of hydrogen-bond donors (Lipinski definition) is 1. The third-order valence-corrected chi connectivity index (χ3v) is 5.52. The summed E-state index contributed by atoms with van der Waals surface area (Å²) in [6.07, 6.45) is 4.43. The molecule has 2 aromatic carbocycles. The Kier molecular flexibility index (Phi) is 5.60. The first kappa shape index (κ1) is 19.2. The normalized spacial score (nSPS) is 13.4. The van der Waals surface area contributed by atoms with E-state index < -0.39 is 0 Å². The van der Waals surface area contributed by atoms with Crippen molar-refractivity contribution in [3.8, 4) is 0 Å². The molecule has 1 N–H and O–H groups in total. The summed E-state index contributed by atoms with van der Waals surface area (Å²) in [6, 6.07) is 15.6. The number of rotatable bonds is 4. The molecule has 0 fully saturated rings. The van der Waals surface area contributed by atoms with Crippen molar-refractivity contribution >= 4 is 17.4 Å². The fraction of sp³-hybridized carbons (Fsp3) is 0.348. The molecule has 0 unspecified atom stereocenters. The van der Waals surface area contributed by atoms with E-state index in [4.69, 9.17) is 0 Å². The Bertz CT molecular complexity index is 1010. The zero-order chi connectivity index (χ0) is 20.2. The van der Waals surface area contributed by atoms with E-state index in [0.717, 1.165) is 60.0 Å². The molecule has 0 radical (unpaired) electrons. The van der Waals surface area contributed by atoms with Gasteiger partial charge in [0, 0.05) is 24.3 Å². The summed E-state index contributed by atoms with van der Waals surface area (Å²) in [5.41, 5.74) is 3.77. The average molecular weight is 390 g/mol. The molecule has 1 aliphatic heterocycles. The molecular weight excluding hydrogens is 362 g/mol. The number of carbonyl (C=O) groups excluding carboxylic acids is 1. The van der Waals surface area contributed by atoms with Crippen LogP contribution in [0.2, 0.25) is 0 Å². The van der Waals surface area contributed by atoms with Crippen molar-refractivity contribution in [3.05, 3.63) is 71.3 Å². The minimum atomic E-state index is -0.167. The van der Waals surface area contributed by atoms with Crippen LogP contribution in [0.1, 0.15) is 42.0 Å². The van der Waals surface area contributed by atoms with Crippen LogP contribution in [0.15, 0.2) is 48.5 Å². The number of benzene rings is 2. The van der Waals surface area contributed by atoms with Gasteiger partial charge in [0.1, 0.15) is 5.82 Å². The zero-order valence-electron chi connectivity index (χ0n) is 17.1. The van der Waals surface area contributed by atoms with E-state index in [1.54, 1.807) is 4.90 Å². The van der Waals surface area contributed by atoms with Crippen LogP contribution in [0.4, 0.5) is 16.2 Å². The van der Waals surface area contributed by atoms with Gasteiger partial charge in [0.05, 0.1) is 6.54 Å². The lowest BCUT2D eigenvalue weighted by Gasteiger charge is -2.25. The van der Waals surface area contributed by atoms with Gasteiger partial charge < -0.3 is 9.88 Å². The van der Waals surface area contributed by atoms with E-state index in [0.29, 0.717) is 6.54 Å². The van der Waals surface area contributed by atoms with Gasteiger partial charge >= 0.3 is 6.03 Å². The van der Waals surface area contributed by atoms with Crippen molar-refractivity contribution < 1.29 is 4.79 Å². The first-order valence-corrected chi connectivity index (χ1v) is 10.2. The van der Waals surface area contributed by atoms with E-state index in [-0.39, 0.29) is 6.03 Å². The van der Waals surface area contributed by atoms with Crippen LogP contribution in [0.5, 0.6) is 0 Å². The molecule has 0 spiro atoms. The fourth-order valence-electron chi connectivity index (χ4n) is 3.83. The van der Waals surface area contributed by atoms with Gasteiger partial charge in [-0.15, -0.1) is 10.2 Å². The topological polar surface area (TPSA) is 63.1 Å². The molecule has 0 saturated carbocycles. The molecular formula is C23H27N5O. The quantitative estimate of drug-likeness (QED) is 0.693. The first-order chi connectivity index (χ1) is 14.1. The van der Waals surface area contributed by atoms with Crippen molar-refractivity contribution in [2.75, 3.05) is 10.2 Å². The molecule has 3 aromatic rings. The zero-order valence-corrected chi connectivity index (χ0v) is 17.1. The van der Waals surface area contributed by atoms with Crippen LogP contribution < -0.4 is 10.2 Å². The molecule has 0 saturated heterocycles. The lowest BCUT2D eigenvalue weighted by Crippen LogP contribution is -2.36. The Balaban J connectivity index is 1.66.